The molecule has 0 heterocycles. The molecule has 3 aromatic rings. The van der Waals surface area contributed by atoms with E-state index in [9.17, 15) is 0 Å². The second kappa shape index (κ2) is 7.71. The van der Waals surface area contributed by atoms with Gasteiger partial charge in [-0.3, -0.25) is 0 Å². The summed E-state index contributed by atoms with van der Waals surface area (Å²) in [4.78, 5) is 0. The van der Waals surface area contributed by atoms with Crippen LogP contribution in [0.3, 0.4) is 0 Å². The summed E-state index contributed by atoms with van der Waals surface area (Å²) in [6.45, 7) is 2.13. The minimum atomic E-state index is -2.83. The molecule has 0 saturated heterocycles. The van der Waals surface area contributed by atoms with Crippen molar-refractivity contribution in [1.29, 1.82) is 0 Å². The molecule has 0 saturated carbocycles. The van der Waals surface area contributed by atoms with Crippen molar-refractivity contribution in [2.45, 2.75) is 6.55 Å². The van der Waals surface area contributed by atoms with E-state index in [1.54, 1.807) is 0 Å². The zero-order valence-corrected chi connectivity index (χ0v) is 17.7. The van der Waals surface area contributed by atoms with Crippen LogP contribution in [0.15, 0.2) is 91.0 Å². The van der Waals surface area contributed by atoms with Crippen molar-refractivity contribution in [2.75, 3.05) is 6.16 Å². The van der Waals surface area contributed by atoms with Crippen LogP contribution < -0.4 is 15.9 Å². The van der Waals surface area contributed by atoms with E-state index < -0.39 is 5.31 Å². The molecule has 0 fully saturated rings. The van der Waals surface area contributed by atoms with Crippen molar-refractivity contribution in [1.82, 2.24) is 0 Å². The first-order valence-electron chi connectivity index (χ1n) is 8.24. The summed E-state index contributed by atoms with van der Waals surface area (Å²) in [6, 6.07) is 32.4. The molecule has 0 N–H and O–H groups in total. The molecule has 0 aliphatic carbocycles. The molecular weight excluding hydrogens is 403 g/mol. The monoisotopic (exact) mass is 422 g/mol. The minimum absolute atomic E-state index is 0.642. The molecule has 3 rings (SSSR count). The van der Waals surface area contributed by atoms with Crippen LogP contribution in [0, 0.1) is 11.5 Å². The van der Waals surface area contributed by atoms with Crippen molar-refractivity contribution < 1.29 is 0 Å². The van der Waals surface area contributed by atoms with Crippen molar-refractivity contribution >= 4 is 46.2 Å². The average molecular weight is 423 g/mol. The van der Waals surface area contributed by atoms with E-state index in [1.807, 2.05) is 0 Å². The number of hydrogen-bond donors (Lipinski definition) is 0. The number of hydrogen-bond acceptors (Lipinski definition) is 0. The topological polar surface area (TPSA) is 0 Å². The maximum atomic E-state index is 4.38. The van der Waals surface area contributed by atoms with E-state index in [-0.39, 0.29) is 0 Å². The van der Waals surface area contributed by atoms with Gasteiger partial charge in [-0.05, 0) is 0 Å². The standard InChI is InChI=1S/C22H20BrPSi/c1-25-19-11-18-24(23,20-12-5-2-6-13-20,21-14-7-3-8-15-21)22-16-9-4-10-17-22/h2-10,12-17H,18H2,1H3. The van der Waals surface area contributed by atoms with Crippen molar-refractivity contribution in [3.05, 3.63) is 91.0 Å². The molecule has 0 nitrogen and oxygen atoms in total. The van der Waals surface area contributed by atoms with Crippen LogP contribution in [-0.4, -0.2) is 15.7 Å². The maximum absolute atomic E-state index is 4.38. The van der Waals surface area contributed by atoms with Gasteiger partial charge in [-0.25, -0.2) is 0 Å². The van der Waals surface area contributed by atoms with Gasteiger partial charge in [0.25, 0.3) is 0 Å². The third kappa shape index (κ3) is 3.25. The third-order valence-electron chi connectivity index (χ3n) is 4.47. The van der Waals surface area contributed by atoms with Gasteiger partial charge in [0.05, 0.1) is 0 Å². The zero-order chi connectivity index (χ0) is 17.6. The summed E-state index contributed by atoms with van der Waals surface area (Å²) in [6.07, 6.45) is 0.796. The fourth-order valence-electron chi connectivity index (χ4n) is 3.21. The second-order valence-electron chi connectivity index (χ2n) is 5.90. The van der Waals surface area contributed by atoms with Crippen molar-refractivity contribution in [2.24, 2.45) is 0 Å². The third-order valence-corrected chi connectivity index (χ3v) is 14.2. The summed E-state index contributed by atoms with van der Waals surface area (Å²) in [5, 5.41) is 1.13. The SMILES string of the molecule is C[Si]C#CCP(Br)(c1ccccc1)(c1ccccc1)c1ccccc1. The number of halogens is 1. The van der Waals surface area contributed by atoms with Crippen LogP contribution in [-0.2, 0) is 0 Å². The molecule has 0 aromatic heterocycles. The Balaban J connectivity index is 2.40. The Kier molecular flexibility index (Phi) is 5.60. The molecular formula is C22H20BrPSi. The molecule has 0 amide bonds. The van der Waals surface area contributed by atoms with Crippen LogP contribution in [0.5, 0.6) is 0 Å². The Bertz CT molecular complexity index is 783. The van der Waals surface area contributed by atoms with Crippen molar-refractivity contribution in [3.8, 4) is 11.5 Å². The van der Waals surface area contributed by atoms with E-state index in [4.69, 9.17) is 0 Å². The first-order valence-corrected chi connectivity index (χ1v) is 14.2. The van der Waals surface area contributed by atoms with Gasteiger partial charge in [0.15, 0.2) is 0 Å². The fraction of sp³-hybridized carbons (Fsp3) is 0.0909. The van der Waals surface area contributed by atoms with E-state index in [0.29, 0.717) is 9.52 Å². The molecule has 3 heteroatoms. The van der Waals surface area contributed by atoms with Gasteiger partial charge in [0, 0.05) is 0 Å². The summed E-state index contributed by atoms with van der Waals surface area (Å²) < 4.78 is 0. The first-order chi connectivity index (χ1) is 12.2. The summed E-state index contributed by atoms with van der Waals surface area (Å²) >= 11 is 4.38. The molecule has 0 atom stereocenters. The molecule has 0 bridgehead atoms. The van der Waals surface area contributed by atoms with Gasteiger partial charge in [-0.1, -0.05) is 0 Å². The quantitative estimate of drug-likeness (QED) is 0.329. The van der Waals surface area contributed by atoms with Crippen molar-refractivity contribution in [3.63, 3.8) is 0 Å². The predicted octanol–water partition coefficient (Wildman–Crippen LogP) is 4.54. The molecule has 0 spiro atoms. The normalized spacial score (nSPS) is 12.5. The molecule has 0 aliphatic rings. The van der Waals surface area contributed by atoms with Crippen LogP contribution in [0.25, 0.3) is 0 Å². The Morgan fingerprint density at radius 3 is 1.40 bits per heavy atom. The second-order valence-corrected chi connectivity index (χ2v) is 15.6. The van der Waals surface area contributed by atoms with Crippen LogP contribution in [0.4, 0.5) is 0 Å². The van der Waals surface area contributed by atoms with Gasteiger partial charge in [-0.15, -0.1) is 0 Å². The van der Waals surface area contributed by atoms with Crippen LogP contribution in [0.1, 0.15) is 0 Å². The van der Waals surface area contributed by atoms with Gasteiger partial charge >= 0.3 is 161 Å². The number of benzene rings is 3. The summed E-state index contributed by atoms with van der Waals surface area (Å²) in [5.41, 5.74) is 3.32. The van der Waals surface area contributed by atoms with Gasteiger partial charge in [-0.2, -0.15) is 0 Å². The average Bonchev–Trinajstić information content (AvgIpc) is 2.70. The van der Waals surface area contributed by atoms with Gasteiger partial charge in [0.1, 0.15) is 0 Å². The van der Waals surface area contributed by atoms with Crippen LogP contribution in [0.2, 0.25) is 6.55 Å². The molecule has 0 aliphatic heterocycles. The Hall–Kier alpha value is -1.65. The van der Waals surface area contributed by atoms with E-state index >= 15 is 0 Å². The number of rotatable bonds is 4. The zero-order valence-electron chi connectivity index (χ0n) is 14.2. The Morgan fingerprint density at radius 1 is 0.720 bits per heavy atom. The van der Waals surface area contributed by atoms with Gasteiger partial charge < -0.3 is 0 Å². The van der Waals surface area contributed by atoms with E-state index in [1.165, 1.54) is 15.9 Å². The first kappa shape index (κ1) is 18.1. The fourth-order valence-corrected chi connectivity index (χ4v) is 10.3. The Morgan fingerprint density at radius 2 is 1.08 bits per heavy atom. The molecule has 124 valence electrons. The molecule has 0 unspecified atom stereocenters. The summed E-state index contributed by atoms with van der Waals surface area (Å²) in [7, 11) is 0.642. The Labute approximate surface area is 161 Å². The van der Waals surface area contributed by atoms with Crippen LogP contribution >= 0.6 is 20.8 Å². The molecule has 3 aromatic carbocycles. The molecule has 2 radical (unpaired) electrons. The summed E-state index contributed by atoms with van der Waals surface area (Å²) in [5.74, 6) is 3.49. The molecule has 25 heavy (non-hydrogen) atoms. The van der Waals surface area contributed by atoms with E-state index in [0.717, 1.165) is 6.16 Å². The van der Waals surface area contributed by atoms with E-state index in [2.05, 4.69) is 124 Å². The van der Waals surface area contributed by atoms with Gasteiger partial charge in [0.2, 0.25) is 0 Å². The predicted molar refractivity (Wildman–Crippen MR) is 118 cm³/mol.